The van der Waals surface area contributed by atoms with Gasteiger partial charge in [-0.1, -0.05) is 43.7 Å². The highest BCUT2D eigenvalue weighted by atomic mass is 32.2. The third-order valence-corrected chi connectivity index (χ3v) is 7.25. The number of hydrogen-bond acceptors (Lipinski definition) is 3. The summed E-state index contributed by atoms with van der Waals surface area (Å²) in [5.41, 5.74) is 3.79. The van der Waals surface area contributed by atoms with E-state index in [1.807, 2.05) is 44.2 Å². The molecule has 0 radical (unpaired) electrons. The number of hydrogen-bond donors (Lipinski definition) is 0. The molecule has 2 aromatic carbocycles. The fourth-order valence-corrected chi connectivity index (χ4v) is 4.86. The molecule has 0 bridgehead atoms. The molecule has 1 fully saturated rings. The van der Waals surface area contributed by atoms with E-state index in [0.29, 0.717) is 42.6 Å². The molecule has 0 unspecified atom stereocenters. The van der Waals surface area contributed by atoms with E-state index in [1.165, 1.54) is 4.31 Å². The maximum Gasteiger partial charge on any atom is 0.254 e. The summed E-state index contributed by atoms with van der Waals surface area (Å²) >= 11 is 0. The Balaban J connectivity index is 1.70. The summed E-state index contributed by atoms with van der Waals surface area (Å²) in [4.78, 5) is 14.9. The molecule has 1 saturated heterocycles. The van der Waals surface area contributed by atoms with Gasteiger partial charge in [-0.3, -0.25) is 4.79 Å². The van der Waals surface area contributed by atoms with Gasteiger partial charge >= 0.3 is 0 Å². The predicted molar refractivity (Wildman–Crippen MR) is 111 cm³/mol. The van der Waals surface area contributed by atoms with Gasteiger partial charge in [-0.05, 0) is 49.1 Å². The minimum absolute atomic E-state index is 0.0282. The van der Waals surface area contributed by atoms with E-state index in [9.17, 15) is 13.2 Å². The first-order valence-corrected chi connectivity index (χ1v) is 11.1. The lowest BCUT2D eigenvalue weighted by Crippen LogP contribution is -2.50. The number of amides is 1. The highest BCUT2D eigenvalue weighted by molar-refractivity contribution is 7.89. The molecule has 2 aromatic rings. The van der Waals surface area contributed by atoms with Crippen LogP contribution in [0.4, 0.5) is 0 Å². The topological polar surface area (TPSA) is 57.7 Å². The summed E-state index contributed by atoms with van der Waals surface area (Å²) in [5, 5.41) is 0. The van der Waals surface area contributed by atoms with Crippen LogP contribution in [0.3, 0.4) is 0 Å². The van der Waals surface area contributed by atoms with Gasteiger partial charge in [-0.2, -0.15) is 4.31 Å². The Morgan fingerprint density at radius 3 is 2.11 bits per heavy atom. The zero-order chi connectivity index (χ0) is 20.5. The van der Waals surface area contributed by atoms with E-state index < -0.39 is 10.0 Å². The van der Waals surface area contributed by atoms with Crippen molar-refractivity contribution in [3.8, 4) is 0 Å². The quantitative estimate of drug-likeness (QED) is 0.788. The van der Waals surface area contributed by atoms with E-state index in [0.717, 1.165) is 16.7 Å². The van der Waals surface area contributed by atoms with Gasteiger partial charge in [0.25, 0.3) is 5.91 Å². The van der Waals surface area contributed by atoms with Crippen LogP contribution in [0.25, 0.3) is 0 Å². The molecule has 0 spiro atoms. The third kappa shape index (κ3) is 4.13. The number of carbonyl (C=O) groups is 1. The normalized spacial score (nSPS) is 15.8. The molecule has 1 aliphatic heterocycles. The van der Waals surface area contributed by atoms with Crippen molar-refractivity contribution in [1.82, 2.24) is 9.21 Å². The Morgan fingerprint density at radius 2 is 1.54 bits per heavy atom. The summed E-state index contributed by atoms with van der Waals surface area (Å²) < 4.78 is 27.3. The van der Waals surface area contributed by atoms with Gasteiger partial charge in [0.15, 0.2) is 0 Å². The summed E-state index contributed by atoms with van der Waals surface area (Å²) in [5.74, 6) is 0.330. The minimum Gasteiger partial charge on any atom is -0.336 e. The first kappa shape index (κ1) is 20.6. The first-order valence-electron chi connectivity index (χ1n) is 9.67. The molecule has 0 atom stereocenters. The van der Waals surface area contributed by atoms with Crippen molar-refractivity contribution >= 4 is 15.9 Å². The first-order chi connectivity index (χ1) is 13.2. The molecule has 6 heteroatoms. The lowest BCUT2D eigenvalue weighted by molar-refractivity contribution is 0.0697. The van der Waals surface area contributed by atoms with E-state index in [4.69, 9.17) is 0 Å². The lowest BCUT2D eigenvalue weighted by Gasteiger charge is -2.34. The van der Waals surface area contributed by atoms with E-state index in [2.05, 4.69) is 13.8 Å². The van der Waals surface area contributed by atoms with Gasteiger partial charge in [-0.15, -0.1) is 0 Å². The van der Waals surface area contributed by atoms with Crippen LogP contribution < -0.4 is 0 Å². The Kier molecular flexibility index (Phi) is 5.91. The third-order valence-electron chi connectivity index (χ3n) is 5.33. The molecule has 0 saturated carbocycles. The van der Waals surface area contributed by atoms with Crippen molar-refractivity contribution in [1.29, 1.82) is 0 Å². The van der Waals surface area contributed by atoms with Crippen molar-refractivity contribution in [2.45, 2.75) is 38.5 Å². The zero-order valence-electron chi connectivity index (χ0n) is 17.0. The van der Waals surface area contributed by atoms with Crippen LogP contribution in [0.5, 0.6) is 0 Å². The van der Waals surface area contributed by atoms with Gasteiger partial charge in [-0.25, -0.2) is 8.42 Å². The van der Waals surface area contributed by atoms with Crippen LogP contribution in [0.15, 0.2) is 47.4 Å². The number of piperazine rings is 1. The summed E-state index contributed by atoms with van der Waals surface area (Å²) in [6.45, 7) is 9.46. The maximum atomic E-state index is 12.9. The second-order valence-electron chi connectivity index (χ2n) is 7.74. The summed E-state index contributed by atoms with van der Waals surface area (Å²) in [7, 11) is -3.54. The van der Waals surface area contributed by atoms with Crippen molar-refractivity contribution in [2.24, 2.45) is 0 Å². The van der Waals surface area contributed by atoms with Crippen molar-refractivity contribution in [3.05, 3.63) is 64.7 Å². The van der Waals surface area contributed by atoms with Crippen molar-refractivity contribution in [2.75, 3.05) is 26.2 Å². The van der Waals surface area contributed by atoms with Crippen LogP contribution in [0.2, 0.25) is 0 Å². The Hall–Kier alpha value is -2.18. The fraction of sp³-hybridized carbons (Fsp3) is 0.409. The van der Waals surface area contributed by atoms with E-state index >= 15 is 0 Å². The van der Waals surface area contributed by atoms with Crippen LogP contribution in [-0.4, -0.2) is 49.7 Å². The molecule has 1 aliphatic rings. The number of benzene rings is 2. The molecule has 0 aromatic heterocycles. The summed E-state index contributed by atoms with van der Waals surface area (Å²) in [6, 6.07) is 12.9. The molecule has 150 valence electrons. The lowest BCUT2D eigenvalue weighted by atomic mass is 10.0. The molecule has 0 aliphatic carbocycles. The number of sulfonamides is 1. The SMILES string of the molecule is Cc1ccc(C)c(C(=O)N2CCN(S(=O)(=O)c3ccc(C(C)C)cc3)CC2)c1. The fourth-order valence-electron chi connectivity index (χ4n) is 3.44. The maximum absolute atomic E-state index is 12.9. The Morgan fingerprint density at radius 1 is 0.929 bits per heavy atom. The molecule has 0 N–H and O–H groups in total. The highest BCUT2D eigenvalue weighted by Crippen LogP contribution is 2.22. The molecule has 3 rings (SSSR count). The Bertz CT molecular complexity index is 958. The number of nitrogens with zero attached hydrogens (tertiary/aromatic N) is 2. The van der Waals surface area contributed by atoms with E-state index in [1.54, 1.807) is 17.0 Å². The largest absolute Gasteiger partial charge is 0.336 e. The van der Waals surface area contributed by atoms with Crippen LogP contribution >= 0.6 is 0 Å². The van der Waals surface area contributed by atoms with Crippen LogP contribution in [-0.2, 0) is 10.0 Å². The van der Waals surface area contributed by atoms with Crippen LogP contribution in [0, 0.1) is 13.8 Å². The van der Waals surface area contributed by atoms with E-state index in [-0.39, 0.29) is 5.91 Å². The molecule has 28 heavy (non-hydrogen) atoms. The van der Waals surface area contributed by atoms with Gasteiger partial charge in [0.2, 0.25) is 10.0 Å². The molecule has 1 amide bonds. The Labute approximate surface area is 168 Å². The molecular formula is C22H28N2O3S. The van der Waals surface area contributed by atoms with Crippen molar-refractivity contribution in [3.63, 3.8) is 0 Å². The highest BCUT2D eigenvalue weighted by Gasteiger charge is 2.30. The van der Waals surface area contributed by atoms with Gasteiger partial charge < -0.3 is 4.90 Å². The molecule has 5 nitrogen and oxygen atoms in total. The number of aryl methyl sites for hydroxylation is 2. The molecular weight excluding hydrogens is 372 g/mol. The van der Waals surface area contributed by atoms with Gasteiger partial charge in [0.1, 0.15) is 0 Å². The standard InChI is InChI=1S/C22H28N2O3S/c1-16(2)19-7-9-20(10-8-19)28(26,27)24-13-11-23(12-14-24)22(25)21-15-17(3)5-6-18(21)4/h5-10,15-16H,11-14H2,1-4H3. The average Bonchev–Trinajstić information content (AvgIpc) is 2.69. The van der Waals surface area contributed by atoms with Crippen LogP contribution in [0.1, 0.15) is 46.8 Å². The minimum atomic E-state index is -3.54. The van der Waals surface area contributed by atoms with Gasteiger partial charge in [0, 0.05) is 31.7 Å². The molecule has 1 heterocycles. The second-order valence-corrected chi connectivity index (χ2v) is 9.68. The number of carbonyl (C=O) groups excluding carboxylic acids is 1. The van der Waals surface area contributed by atoms with Crippen molar-refractivity contribution < 1.29 is 13.2 Å². The smallest absolute Gasteiger partial charge is 0.254 e. The predicted octanol–water partition coefficient (Wildman–Crippen LogP) is 3.57. The average molecular weight is 401 g/mol. The van der Waals surface area contributed by atoms with Gasteiger partial charge in [0.05, 0.1) is 4.90 Å². The summed E-state index contributed by atoms with van der Waals surface area (Å²) in [6.07, 6.45) is 0. The monoisotopic (exact) mass is 400 g/mol. The second kappa shape index (κ2) is 8.05. The number of rotatable bonds is 4. The zero-order valence-corrected chi connectivity index (χ0v) is 17.8.